The molecule has 2 aliphatic rings. The summed E-state index contributed by atoms with van der Waals surface area (Å²) in [5, 5.41) is 9.73. The lowest BCUT2D eigenvalue weighted by Gasteiger charge is -2.29. The van der Waals surface area contributed by atoms with Crippen LogP contribution >= 0.6 is 0 Å². The Morgan fingerprint density at radius 1 is 1.26 bits per heavy atom. The highest BCUT2D eigenvalue weighted by atomic mass is 16.3. The average Bonchev–Trinajstić information content (AvgIpc) is 2.75. The predicted octanol–water partition coefficient (Wildman–Crippen LogP) is 3.53. The first kappa shape index (κ1) is 12.7. The standard InChI is InChI=1S/C17H23NO/c1-18(2)11-17-14-7-6-12(8-14)9-16(17)13-4-3-5-15(19)10-13/h3-5,10,12,14,19H,6-9,11H2,1-2H3. The van der Waals surface area contributed by atoms with Crippen LogP contribution in [0.1, 0.15) is 31.2 Å². The average molecular weight is 257 g/mol. The summed E-state index contributed by atoms with van der Waals surface area (Å²) in [6, 6.07) is 7.79. The second-order valence-corrected chi connectivity index (χ2v) is 6.37. The van der Waals surface area contributed by atoms with E-state index in [1.807, 2.05) is 12.1 Å². The summed E-state index contributed by atoms with van der Waals surface area (Å²) in [7, 11) is 4.29. The van der Waals surface area contributed by atoms with Crippen LogP contribution < -0.4 is 0 Å². The third kappa shape index (κ3) is 2.55. The second-order valence-electron chi connectivity index (χ2n) is 6.37. The molecule has 1 fully saturated rings. The van der Waals surface area contributed by atoms with E-state index in [1.165, 1.54) is 36.8 Å². The summed E-state index contributed by atoms with van der Waals surface area (Å²) >= 11 is 0. The first-order valence-corrected chi connectivity index (χ1v) is 7.29. The van der Waals surface area contributed by atoms with Crippen molar-refractivity contribution in [2.75, 3.05) is 20.6 Å². The summed E-state index contributed by atoms with van der Waals surface area (Å²) in [5.74, 6) is 2.03. The van der Waals surface area contributed by atoms with E-state index < -0.39 is 0 Å². The van der Waals surface area contributed by atoms with Crippen molar-refractivity contribution in [2.45, 2.75) is 25.7 Å². The van der Waals surface area contributed by atoms with Crippen molar-refractivity contribution < 1.29 is 5.11 Å². The van der Waals surface area contributed by atoms with Crippen LogP contribution in [-0.4, -0.2) is 30.6 Å². The lowest BCUT2D eigenvalue weighted by atomic mass is 9.80. The van der Waals surface area contributed by atoms with Gasteiger partial charge in [-0.3, -0.25) is 0 Å². The molecule has 3 rings (SSSR count). The fourth-order valence-corrected chi connectivity index (χ4v) is 3.81. The van der Waals surface area contributed by atoms with Crippen LogP contribution in [0.25, 0.3) is 5.57 Å². The Morgan fingerprint density at radius 3 is 2.84 bits per heavy atom. The Balaban J connectivity index is 2.02. The number of allylic oxidation sites excluding steroid dienone is 1. The molecule has 0 spiro atoms. The smallest absolute Gasteiger partial charge is 0.116 e. The van der Waals surface area contributed by atoms with Gasteiger partial charge in [-0.2, -0.15) is 0 Å². The van der Waals surface area contributed by atoms with Crippen molar-refractivity contribution in [2.24, 2.45) is 11.8 Å². The molecule has 0 aromatic heterocycles. The third-order valence-electron chi connectivity index (χ3n) is 4.60. The van der Waals surface area contributed by atoms with Crippen molar-refractivity contribution in [1.29, 1.82) is 0 Å². The minimum absolute atomic E-state index is 0.382. The van der Waals surface area contributed by atoms with Crippen LogP contribution in [-0.2, 0) is 0 Å². The molecule has 102 valence electrons. The number of nitrogens with zero attached hydrogens (tertiary/aromatic N) is 1. The number of benzene rings is 1. The molecule has 2 unspecified atom stereocenters. The number of fused-ring (bicyclic) bond motifs is 2. The molecule has 2 bridgehead atoms. The Bertz CT molecular complexity index is 504. The van der Waals surface area contributed by atoms with Gasteiger partial charge in [-0.15, -0.1) is 0 Å². The minimum Gasteiger partial charge on any atom is -0.508 e. The van der Waals surface area contributed by atoms with Crippen molar-refractivity contribution >= 4 is 5.57 Å². The fourth-order valence-electron chi connectivity index (χ4n) is 3.81. The van der Waals surface area contributed by atoms with E-state index in [1.54, 1.807) is 11.6 Å². The Kier molecular flexibility index (Phi) is 3.36. The van der Waals surface area contributed by atoms with Gasteiger partial charge in [0.1, 0.15) is 5.75 Å². The highest BCUT2D eigenvalue weighted by Crippen LogP contribution is 2.48. The highest BCUT2D eigenvalue weighted by molar-refractivity contribution is 5.71. The van der Waals surface area contributed by atoms with E-state index in [9.17, 15) is 5.11 Å². The van der Waals surface area contributed by atoms with Gasteiger partial charge < -0.3 is 10.0 Å². The van der Waals surface area contributed by atoms with E-state index in [0.29, 0.717) is 5.75 Å². The van der Waals surface area contributed by atoms with E-state index in [2.05, 4.69) is 25.1 Å². The highest BCUT2D eigenvalue weighted by Gasteiger charge is 2.34. The van der Waals surface area contributed by atoms with Crippen LogP contribution in [0.15, 0.2) is 29.8 Å². The molecule has 0 amide bonds. The van der Waals surface area contributed by atoms with Crippen LogP contribution in [0.2, 0.25) is 0 Å². The molecule has 1 aromatic carbocycles. The Hall–Kier alpha value is -1.28. The van der Waals surface area contributed by atoms with Gasteiger partial charge in [-0.05, 0) is 80.5 Å². The molecule has 0 heterocycles. The SMILES string of the molecule is CN(C)CC1=C(c2cccc(O)c2)CC2CCC1C2. The number of phenols is 1. The summed E-state index contributed by atoms with van der Waals surface area (Å²) in [6.45, 7) is 1.06. The molecule has 2 nitrogen and oxygen atoms in total. The molecule has 1 N–H and O–H groups in total. The lowest BCUT2D eigenvalue weighted by molar-refractivity contribution is 0.407. The molecule has 2 heteroatoms. The van der Waals surface area contributed by atoms with Crippen LogP contribution in [0, 0.1) is 11.8 Å². The zero-order valence-electron chi connectivity index (χ0n) is 11.9. The number of likely N-dealkylation sites (N-methyl/N-ethyl adjacent to an activating group) is 1. The molecule has 0 radical (unpaired) electrons. The molecular weight excluding hydrogens is 234 g/mol. The minimum atomic E-state index is 0.382. The number of aromatic hydroxyl groups is 1. The van der Waals surface area contributed by atoms with Crippen molar-refractivity contribution in [1.82, 2.24) is 4.90 Å². The Morgan fingerprint density at radius 2 is 2.11 bits per heavy atom. The Labute approximate surface area is 115 Å². The van der Waals surface area contributed by atoms with Gasteiger partial charge in [0, 0.05) is 6.54 Å². The molecule has 19 heavy (non-hydrogen) atoms. The normalized spacial score (nSPS) is 26.3. The van der Waals surface area contributed by atoms with Gasteiger partial charge >= 0.3 is 0 Å². The summed E-state index contributed by atoms with van der Waals surface area (Å²) in [4.78, 5) is 2.27. The number of rotatable bonds is 3. The zero-order valence-corrected chi connectivity index (χ0v) is 11.9. The van der Waals surface area contributed by atoms with E-state index in [0.717, 1.165) is 18.4 Å². The van der Waals surface area contributed by atoms with Crippen molar-refractivity contribution in [3.63, 3.8) is 0 Å². The summed E-state index contributed by atoms with van der Waals surface area (Å²) in [5.41, 5.74) is 4.35. The molecule has 0 aliphatic heterocycles. The van der Waals surface area contributed by atoms with Crippen LogP contribution in [0.3, 0.4) is 0 Å². The summed E-state index contributed by atoms with van der Waals surface area (Å²) < 4.78 is 0. The predicted molar refractivity (Wildman–Crippen MR) is 79.0 cm³/mol. The summed E-state index contributed by atoms with van der Waals surface area (Å²) in [6.07, 6.45) is 5.31. The van der Waals surface area contributed by atoms with Gasteiger partial charge in [-0.25, -0.2) is 0 Å². The van der Waals surface area contributed by atoms with E-state index in [4.69, 9.17) is 0 Å². The lowest BCUT2D eigenvalue weighted by Crippen LogP contribution is -2.22. The van der Waals surface area contributed by atoms with Crippen LogP contribution in [0.4, 0.5) is 0 Å². The van der Waals surface area contributed by atoms with Gasteiger partial charge in [0.15, 0.2) is 0 Å². The maximum absolute atomic E-state index is 9.73. The van der Waals surface area contributed by atoms with E-state index in [-0.39, 0.29) is 0 Å². The quantitative estimate of drug-likeness (QED) is 0.895. The molecule has 2 aliphatic carbocycles. The maximum atomic E-state index is 9.73. The van der Waals surface area contributed by atoms with Gasteiger partial charge in [0.25, 0.3) is 0 Å². The largest absolute Gasteiger partial charge is 0.508 e. The molecule has 1 saturated carbocycles. The zero-order chi connectivity index (χ0) is 13.4. The van der Waals surface area contributed by atoms with Crippen LogP contribution in [0.5, 0.6) is 5.75 Å². The number of hydrogen-bond donors (Lipinski definition) is 1. The monoisotopic (exact) mass is 257 g/mol. The number of phenolic OH excluding ortho intramolecular Hbond substituents is 1. The molecule has 2 atom stereocenters. The fraction of sp³-hybridized carbons (Fsp3) is 0.529. The molecular formula is C17H23NO. The third-order valence-corrected chi connectivity index (χ3v) is 4.60. The molecule has 1 aromatic rings. The van der Waals surface area contributed by atoms with E-state index >= 15 is 0 Å². The van der Waals surface area contributed by atoms with Gasteiger partial charge in [-0.1, -0.05) is 12.1 Å². The first-order chi connectivity index (χ1) is 9.13. The maximum Gasteiger partial charge on any atom is 0.116 e. The second kappa shape index (κ2) is 5.01. The number of hydrogen-bond acceptors (Lipinski definition) is 2. The van der Waals surface area contributed by atoms with Gasteiger partial charge in [0.05, 0.1) is 0 Å². The first-order valence-electron chi connectivity index (χ1n) is 7.29. The molecule has 0 saturated heterocycles. The van der Waals surface area contributed by atoms with Crippen molar-refractivity contribution in [3.05, 3.63) is 35.4 Å². The van der Waals surface area contributed by atoms with Crippen molar-refractivity contribution in [3.8, 4) is 5.75 Å². The van der Waals surface area contributed by atoms with Gasteiger partial charge in [0.2, 0.25) is 0 Å². The topological polar surface area (TPSA) is 23.5 Å².